The van der Waals surface area contributed by atoms with E-state index in [9.17, 15) is 18.0 Å². The summed E-state index contributed by atoms with van der Waals surface area (Å²) in [4.78, 5) is 26.4. The summed E-state index contributed by atoms with van der Waals surface area (Å²) in [5, 5.41) is 0. The molecular weight excluding hydrogens is 450 g/mol. The van der Waals surface area contributed by atoms with E-state index in [0.717, 1.165) is 38.5 Å². The van der Waals surface area contributed by atoms with Crippen molar-refractivity contribution in [3.63, 3.8) is 0 Å². The summed E-state index contributed by atoms with van der Waals surface area (Å²) in [5.41, 5.74) is 0. The van der Waals surface area contributed by atoms with Gasteiger partial charge in [-0.3, -0.25) is 14.1 Å². The monoisotopic (exact) mass is 503 g/mol. The molecule has 6 nitrogen and oxygen atoms in total. The molecular formula is C27H53NO5S. The second kappa shape index (κ2) is 22.5. The number of Topliss-reactive ketones (excluding diaryl/α,β-unsaturated/α-hetero) is 1. The van der Waals surface area contributed by atoms with E-state index in [0.29, 0.717) is 12.8 Å². The summed E-state index contributed by atoms with van der Waals surface area (Å²) in [6.45, 7) is 4.24. The quantitative estimate of drug-likeness (QED) is 0.106. The highest BCUT2D eigenvalue weighted by atomic mass is 32.2. The number of hydrogen-bond donors (Lipinski definition) is 1. The number of carbonyl (C=O) groups is 2. The topological polar surface area (TPSA) is 91.8 Å². The molecule has 0 radical (unpaired) electrons. The van der Waals surface area contributed by atoms with Gasteiger partial charge in [-0.25, -0.2) is 0 Å². The Morgan fingerprint density at radius 2 is 1.00 bits per heavy atom. The first-order chi connectivity index (χ1) is 16.3. The van der Waals surface area contributed by atoms with E-state index in [1.54, 1.807) is 0 Å². The largest absolute Gasteiger partial charge is 0.334 e. The lowest BCUT2D eigenvalue weighted by Gasteiger charge is -2.21. The second-order valence-electron chi connectivity index (χ2n) is 9.80. The van der Waals surface area contributed by atoms with Gasteiger partial charge in [-0.05, 0) is 12.8 Å². The van der Waals surface area contributed by atoms with Crippen LogP contribution in [-0.4, -0.2) is 48.4 Å². The zero-order valence-corrected chi connectivity index (χ0v) is 23.0. The Morgan fingerprint density at radius 3 is 1.41 bits per heavy atom. The molecule has 0 unspecified atom stereocenters. The van der Waals surface area contributed by atoms with E-state index < -0.39 is 15.9 Å². The molecule has 0 saturated carbocycles. The van der Waals surface area contributed by atoms with Gasteiger partial charge in [0.1, 0.15) is 0 Å². The SMILES string of the molecule is CCCCCCCCCCCC(=O)CN(CCS(=O)(=O)O)C(=O)CCCCCCCCCCC. The molecule has 1 N–H and O–H groups in total. The van der Waals surface area contributed by atoms with Gasteiger partial charge in [-0.1, -0.05) is 117 Å². The summed E-state index contributed by atoms with van der Waals surface area (Å²) in [6.07, 6.45) is 21.7. The fourth-order valence-electron chi connectivity index (χ4n) is 4.19. The number of unbranched alkanes of at least 4 members (excludes halogenated alkanes) is 16. The van der Waals surface area contributed by atoms with Crippen molar-refractivity contribution in [3.8, 4) is 0 Å². The van der Waals surface area contributed by atoms with E-state index in [4.69, 9.17) is 4.55 Å². The molecule has 0 heterocycles. The molecule has 0 fully saturated rings. The normalized spacial score (nSPS) is 11.6. The standard InChI is InChI=1S/C27H53NO5S/c1-3-5-7-9-11-13-15-17-19-21-26(29)25-28(23-24-34(31,32)33)27(30)22-20-18-16-14-12-10-8-6-4-2/h3-25H2,1-2H3,(H,31,32,33). The van der Waals surface area contributed by atoms with Crippen molar-refractivity contribution in [2.75, 3.05) is 18.8 Å². The van der Waals surface area contributed by atoms with Crippen LogP contribution in [0.3, 0.4) is 0 Å². The molecule has 34 heavy (non-hydrogen) atoms. The number of nitrogens with zero attached hydrogens (tertiary/aromatic N) is 1. The molecule has 0 atom stereocenters. The molecule has 0 aromatic rings. The highest BCUT2D eigenvalue weighted by molar-refractivity contribution is 7.85. The zero-order valence-electron chi connectivity index (χ0n) is 22.2. The minimum Gasteiger partial charge on any atom is -0.334 e. The Labute approximate surface area is 210 Å². The number of hydrogen-bond acceptors (Lipinski definition) is 4. The first-order valence-corrected chi connectivity index (χ1v) is 15.7. The highest BCUT2D eigenvalue weighted by Gasteiger charge is 2.19. The number of ketones is 1. The van der Waals surface area contributed by atoms with E-state index in [1.807, 2.05) is 0 Å². The maximum absolute atomic E-state index is 12.6. The highest BCUT2D eigenvalue weighted by Crippen LogP contribution is 2.13. The molecule has 202 valence electrons. The lowest BCUT2D eigenvalue weighted by Crippen LogP contribution is -2.38. The van der Waals surface area contributed by atoms with E-state index >= 15 is 0 Å². The molecule has 1 amide bonds. The van der Waals surface area contributed by atoms with Gasteiger partial charge < -0.3 is 4.90 Å². The molecule has 0 bridgehead atoms. The van der Waals surface area contributed by atoms with Crippen LogP contribution >= 0.6 is 0 Å². The summed E-state index contributed by atoms with van der Waals surface area (Å²) >= 11 is 0. The molecule has 0 aromatic carbocycles. The zero-order chi connectivity index (χ0) is 25.5. The van der Waals surface area contributed by atoms with Crippen molar-refractivity contribution in [2.24, 2.45) is 0 Å². The lowest BCUT2D eigenvalue weighted by atomic mass is 10.1. The van der Waals surface area contributed by atoms with Crippen LogP contribution in [-0.2, 0) is 19.7 Å². The lowest BCUT2D eigenvalue weighted by molar-refractivity contribution is -0.135. The summed E-state index contributed by atoms with van der Waals surface area (Å²) in [7, 11) is -4.17. The number of rotatable bonds is 25. The van der Waals surface area contributed by atoms with Crippen molar-refractivity contribution >= 4 is 21.8 Å². The molecule has 0 aromatic heterocycles. The Balaban J connectivity index is 4.17. The minimum atomic E-state index is -4.17. The Kier molecular flexibility index (Phi) is 21.9. The Bertz CT molecular complexity index is 606. The molecule has 7 heteroatoms. The number of amides is 1. The van der Waals surface area contributed by atoms with Gasteiger partial charge in [0.15, 0.2) is 5.78 Å². The molecule has 0 saturated heterocycles. The van der Waals surface area contributed by atoms with Crippen LogP contribution in [0.5, 0.6) is 0 Å². The third-order valence-corrected chi connectivity index (χ3v) is 7.09. The molecule has 0 aliphatic heterocycles. The average Bonchev–Trinajstić information content (AvgIpc) is 2.78. The summed E-state index contributed by atoms with van der Waals surface area (Å²) in [5.74, 6) is -0.743. The second-order valence-corrected chi connectivity index (χ2v) is 11.4. The molecule has 0 aliphatic rings. The predicted molar refractivity (Wildman–Crippen MR) is 142 cm³/mol. The third-order valence-electron chi connectivity index (χ3n) is 6.39. The van der Waals surface area contributed by atoms with Crippen LogP contribution in [0.4, 0.5) is 0 Å². The average molecular weight is 504 g/mol. The van der Waals surface area contributed by atoms with Crippen LogP contribution in [0, 0.1) is 0 Å². The first kappa shape index (κ1) is 33.0. The maximum atomic E-state index is 12.6. The molecule has 0 rings (SSSR count). The van der Waals surface area contributed by atoms with Crippen molar-refractivity contribution < 1.29 is 22.6 Å². The van der Waals surface area contributed by atoms with Gasteiger partial charge in [0.2, 0.25) is 5.91 Å². The molecule has 0 spiro atoms. The fraction of sp³-hybridized carbons (Fsp3) is 0.926. The smallest absolute Gasteiger partial charge is 0.266 e. The van der Waals surface area contributed by atoms with Gasteiger partial charge in [0.25, 0.3) is 10.1 Å². The number of carbonyl (C=O) groups excluding carboxylic acids is 2. The van der Waals surface area contributed by atoms with Crippen LogP contribution < -0.4 is 0 Å². The van der Waals surface area contributed by atoms with Crippen molar-refractivity contribution in [1.29, 1.82) is 0 Å². The first-order valence-electron chi connectivity index (χ1n) is 14.0. The summed E-state index contributed by atoms with van der Waals surface area (Å²) in [6, 6.07) is 0. The Hall–Kier alpha value is -0.950. The van der Waals surface area contributed by atoms with Crippen LogP contribution in [0.2, 0.25) is 0 Å². The van der Waals surface area contributed by atoms with Crippen LogP contribution in [0.1, 0.15) is 142 Å². The Morgan fingerprint density at radius 1 is 0.618 bits per heavy atom. The van der Waals surface area contributed by atoms with Crippen LogP contribution in [0.25, 0.3) is 0 Å². The predicted octanol–water partition coefficient (Wildman–Crippen LogP) is 7.11. The maximum Gasteiger partial charge on any atom is 0.266 e. The molecule has 0 aliphatic carbocycles. The van der Waals surface area contributed by atoms with Crippen molar-refractivity contribution in [2.45, 2.75) is 142 Å². The van der Waals surface area contributed by atoms with Gasteiger partial charge in [-0.15, -0.1) is 0 Å². The summed E-state index contributed by atoms with van der Waals surface area (Å²) < 4.78 is 31.4. The minimum absolute atomic E-state index is 0.0290. The van der Waals surface area contributed by atoms with Gasteiger partial charge in [0.05, 0.1) is 12.3 Å². The van der Waals surface area contributed by atoms with E-state index in [2.05, 4.69) is 13.8 Å². The van der Waals surface area contributed by atoms with E-state index in [-0.39, 0.29) is 24.8 Å². The van der Waals surface area contributed by atoms with Crippen molar-refractivity contribution in [3.05, 3.63) is 0 Å². The van der Waals surface area contributed by atoms with Gasteiger partial charge >= 0.3 is 0 Å². The van der Waals surface area contributed by atoms with Crippen LogP contribution in [0.15, 0.2) is 0 Å². The van der Waals surface area contributed by atoms with Gasteiger partial charge in [-0.2, -0.15) is 8.42 Å². The van der Waals surface area contributed by atoms with Gasteiger partial charge in [0, 0.05) is 19.4 Å². The van der Waals surface area contributed by atoms with E-state index in [1.165, 1.54) is 81.9 Å². The van der Waals surface area contributed by atoms with Crippen molar-refractivity contribution in [1.82, 2.24) is 4.90 Å². The third kappa shape index (κ3) is 22.8. The fourth-order valence-corrected chi connectivity index (χ4v) is 4.64.